The molecule has 1 saturated carbocycles. The van der Waals surface area contributed by atoms with Crippen LogP contribution < -0.4 is 5.73 Å². The van der Waals surface area contributed by atoms with Crippen molar-refractivity contribution in [1.29, 1.82) is 0 Å². The molecule has 2 N–H and O–H groups in total. The molecule has 1 fully saturated rings. The summed E-state index contributed by atoms with van der Waals surface area (Å²) in [6.45, 7) is 5.36. The fourth-order valence-electron chi connectivity index (χ4n) is 3.17. The molecule has 2 atom stereocenters. The highest BCUT2D eigenvalue weighted by Gasteiger charge is 2.36. The van der Waals surface area contributed by atoms with Crippen LogP contribution in [0.1, 0.15) is 37.3 Å². The van der Waals surface area contributed by atoms with Gasteiger partial charge >= 0.3 is 0 Å². The van der Waals surface area contributed by atoms with Crippen LogP contribution in [0.3, 0.4) is 0 Å². The molecule has 1 nitrogen and oxygen atoms in total. The van der Waals surface area contributed by atoms with Gasteiger partial charge in [0.25, 0.3) is 0 Å². The Labute approximate surface area is 99.0 Å². The monoisotopic (exact) mass is 217 g/mol. The third-order valence-electron chi connectivity index (χ3n) is 4.04. The first-order valence-corrected chi connectivity index (χ1v) is 6.39. The second-order valence-electron chi connectivity index (χ2n) is 5.72. The maximum Gasteiger partial charge on any atom is -0.00172 e. The van der Waals surface area contributed by atoms with Crippen molar-refractivity contribution in [3.63, 3.8) is 0 Å². The molecule has 16 heavy (non-hydrogen) atoms. The molecule has 1 aliphatic rings. The van der Waals surface area contributed by atoms with E-state index in [1.54, 1.807) is 0 Å². The van der Waals surface area contributed by atoms with Crippen LogP contribution in [0.4, 0.5) is 0 Å². The quantitative estimate of drug-likeness (QED) is 0.826. The lowest BCUT2D eigenvalue weighted by molar-refractivity contribution is 0.295. The van der Waals surface area contributed by atoms with Crippen LogP contribution in [0.5, 0.6) is 0 Å². The van der Waals surface area contributed by atoms with Gasteiger partial charge in [-0.25, -0.2) is 0 Å². The minimum absolute atomic E-state index is 0.382. The van der Waals surface area contributed by atoms with E-state index in [1.165, 1.54) is 30.4 Å². The zero-order valence-electron chi connectivity index (χ0n) is 10.5. The van der Waals surface area contributed by atoms with Gasteiger partial charge in [0, 0.05) is 0 Å². The molecule has 0 saturated heterocycles. The number of aryl methyl sites for hydroxylation is 1. The smallest absolute Gasteiger partial charge is 0.00172 e. The molecule has 1 aliphatic carbocycles. The van der Waals surface area contributed by atoms with Crippen molar-refractivity contribution in [3.8, 4) is 0 Å². The molecule has 1 aromatic rings. The van der Waals surface area contributed by atoms with E-state index in [9.17, 15) is 0 Å². The largest absolute Gasteiger partial charge is 0.330 e. The number of hydrogen-bond acceptors (Lipinski definition) is 1. The molecule has 0 amide bonds. The molecule has 2 unspecified atom stereocenters. The summed E-state index contributed by atoms with van der Waals surface area (Å²) < 4.78 is 0. The fourth-order valence-corrected chi connectivity index (χ4v) is 3.17. The van der Waals surface area contributed by atoms with Gasteiger partial charge in [0.15, 0.2) is 0 Å². The molecular formula is C15H23N. The van der Waals surface area contributed by atoms with Crippen molar-refractivity contribution < 1.29 is 0 Å². The summed E-state index contributed by atoms with van der Waals surface area (Å²) in [5.74, 6) is 0.855. The number of rotatable bonds is 3. The molecule has 1 heteroatoms. The lowest BCUT2D eigenvalue weighted by Gasteiger charge is -2.28. The molecular weight excluding hydrogens is 194 g/mol. The Hall–Kier alpha value is -0.820. The van der Waals surface area contributed by atoms with E-state index in [0.717, 1.165) is 18.9 Å². The predicted octanol–water partition coefficient (Wildman–Crippen LogP) is 3.30. The van der Waals surface area contributed by atoms with Gasteiger partial charge in [0.2, 0.25) is 0 Å². The van der Waals surface area contributed by atoms with Crippen molar-refractivity contribution in [2.75, 3.05) is 6.54 Å². The number of nitrogens with two attached hydrogens (primary N) is 1. The standard InChI is InChI=1S/C15H23N/c1-12-4-3-5-14(8-12)10-15(11-16)7-6-13(2)9-15/h3-5,8,13H,6-7,9-11,16H2,1-2H3. The van der Waals surface area contributed by atoms with E-state index in [0.29, 0.717) is 5.41 Å². The lowest BCUT2D eigenvalue weighted by atomic mass is 9.79. The van der Waals surface area contributed by atoms with E-state index in [-0.39, 0.29) is 0 Å². The zero-order chi connectivity index (χ0) is 11.6. The summed E-state index contributed by atoms with van der Waals surface area (Å²) in [5, 5.41) is 0. The van der Waals surface area contributed by atoms with Gasteiger partial charge in [-0.1, -0.05) is 43.2 Å². The van der Waals surface area contributed by atoms with E-state index in [4.69, 9.17) is 5.73 Å². The topological polar surface area (TPSA) is 26.0 Å². The maximum atomic E-state index is 6.02. The second-order valence-corrected chi connectivity index (χ2v) is 5.72. The third-order valence-corrected chi connectivity index (χ3v) is 4.04. The lowest BCUT2D eigenvalue weighted by Crippen LogP contribution is -2.30. The Kier molecular flexibility index (Phi) is 3.34. The Morgan fingerprint density at radius 3 is 2.81 bits per heavy atom. The number of hydrogen-bond donors (Lipinski definition) is 1. The average Bonchev–Trinajstić information content (AvgIpc) is 2.61. The molecule has 0 spiro atoms. The molecule has 0 aliphatic heterocycles. The summed E-state index contributed by atoms with van der Waals surface area (Å²) in [4.78, 5) is 0. The van der Waals surface area contributed by atoms with Gasteiger partial charge in [-0.3, -0.25) is 0 Å². The molecule has 0 bridgehead atoms. The van der Waals surface area contributed by atoms with Crippen molar-refractivity contribution in [2.24, 2.45) is 17.1 Å². The van der Waals surface area contributed by atoms with Crippen molar-refractivity contribution in [2.45, 2.75) is 39.5 Å². The van der Waals surface area contributed by atoms with Gasteiger partial charge in [-0.15, -0.1) is 0 Å². The van der Waals surface area contributed by atoms with Crippen LogP contribution in [0.2, 0.25) is 0 Å². The molecule has 2 rings (SSSR count). The normalized spacial score (nSPS) is 29.6. The predicted molar refractivity (Wildman–Crippen MR) is 69.4 cm³/mol. The minimum atomic E-state index is 0.382. The first-order chi connectivity index (χ1) is 7.63. The van der Waals surface area contributed by atoms with Crippen molar-refractivity contribution in [1.82, 2.24) is 0 Å². The number of benzene rings is 1. The summed E-state index contributed by atoms with van der Waals surface area (Å²) in [7, 11) is 0. The third kappa shape index (κ3) is 2.46. The van der Waals surface area contributed by atoms with Crippen LogP contribution in [-0.2, 0) is 6.42 Å². The van der Waals surface area contributed by atoms with Crippen LogP contribution in [-0.4, -0.2) is 6.54 Å². The summed E-state index contributed by atoms with van der Waals surface area (Å²) in [6.07, 6.45) is 5.12. The Balaban J connectivity index is 2.13. The highest BCUT2D eigenvalue weighted by molar-refractivity contribution is 5.23. The highest BCUT2D eigenvalue weighted by atomic mass is 14.6. The maximum absolute atomic E-state index is 6.02. The Morgan fingerprint density at radius 1 is 1.44 bits per heavy atom. The van der Waals surface area contributed by atoms with E-state index >= 15 is 0 Å². The van der Waals surface area contributed by atoms with Crippen molar-refractivity contribution >= 4 is 0 Å². The average molecular weight is 217 g/mol. The molecule has 0 heterocycles. The Bertz CT molecular complexity index is 358. The summed E-state index contributed by atoms with van der Waals surface area (Å²) in [5.41, 5.74) is 9.21. The minimum Gasteiger partial charge on any atom is -0.330 e. The van der Waals surface area contributed by atoms with E-state index in [1.807, 2.05) is 0 Å². The van der Waals surface area contributed by atoms with E-state index in [2.05, 4.69) is 38.1 Å². The Morgan fingerprint density at radius 2 is 2.25 bits per heavy atom. The molecule has 88 valence electrons. The van der Waals surface area contributed by atoms with Crippen LogP contribution >= 0.6 is 0 Å². The van der Waals surface area contributed by atoms with Crippen LogP contribution in [0.25, 0.3) is 0 Å². The molecule has 1 aromatic carbocycles. The van der Waals surface area contributed by atoms with Gasteiger partial charge in [-0.05, 0) is 49.6 Å². The second kappa shape index (κ2) is 4.58. The van der Waals surface area contributed by atoms with Gasteiger partial charge in [0.1, 0.15) is 0 Å². The summed E-state index contributed by atoms with van der Waals surface area (Å²) in [6, 6.07) is 8.87. The fraction of sp³-hybridized carbons (Fsp3) is 0.600. The van der Waals surface area contributed by atoms with Crippen LogP contribution in [0, 0.1) is 18.3 Å². The highest BCUT2D eigenvalue weighted by Crippen LogP contribution is 2.43. The first kappa shape index (κ1) is 11.7. The van der Waals surface area contributed by atoms with Gasteiger partial charge in [-0.2, -0.15) is 0 Å². The first-order valence-electron chi connectivity index (χ1n) is 6.39. The van der Waals surface area contributed by atoms with Gasteiger partial charge in [0.05, 0.1) is 0 Å². The van der Waals surface area contributed by atoms with Gasteiger partial charge < -0.3 is 5.73 Å². The zero-order valence-corrected chi connectivity index (χ0v) is 10.5. The SMILES string of the molecule is Cc1cccc(CC2(CN)CCC(C)C2)c1. The van der Waals surface area contributed by atoms with E-state index < -0.39 is 0 Å². The van der Waals surface area contributed by atoms with Crippen molar-refractivity contribution in [3.05, 3.63) is 35.4 Å². The van der Waals surface area contributed by atoms with Crippen LogP contribution in [0.15, 0.2) is 24.3 Å². The molecule has 0 aromatic heterocycles. The summed E-state index contributed by atoms with van der Waals surface area (Å²) >= 11 is 0. The molecule has 0 radical (unpaired) electrons.